The zero-order valence-electron chi connectivity index (χ0n) is 12.8. The van der Waals surface area contributed by atoms with Gasteiger partial charge >= 0.3 is 0 Å². The summed E-state index contributed by atoms with van der Waals surface area (Å²) in [6.07, 6.45) is 4.81. The molecule has 0 spiro atoms. The first kappa shape index (κ1) is 16.8. The molecule has 3 nitrogen and oxygen atoms in total. The van der Waals surface area contributed by atoms with Gasteiger partial charge < -0.3 is 14.8 Å². The molecule has 0 amide bonds. The predicted molar refractivity (Wildman–Crippen MR) is 86.9 cm³/mol. The van der Waals surface area contributed by atoms with E-state index in [0.717, 1.165) is 36.6 Å². The summed E-state index contributed by atoms with van der Waals surface area (Å²) in [5.41, 5.74) is 1.06. The third-order valence-corrected chi connectivity index (χ3v) is 3.95. The van der Waals surface area contributed by atoms with Crippen molar-refractivity contribution in [2.24, 2.45) is 0 Å². The molecular formula is C17H26ClNO2. The normalized spacial score (nSPS) is 16.1. The Morgan fingerprint density at radius 1 is 1.24 bits per heavy atom. The van der Waals surface area contributed by atoms with Gasteiger partial charge in [0.25, 0.3) is 0 Å². The van der Waals surface area contributed by atoms with Gasteiger partial charge in [-0.05, 0) is 25.3 Å². The first-order valence-electron chi connectivity index (χ1n) is 7.98. The molecule has 1 N–H and O–H groups in total. The van der Waals surface area contributed by atoms with Crippen molar-refractivity contribution in [3.05, 3.63) is 34.9 Å². The standard InChI is InChI=1S/C17H26ClNO2/c1-2-3-10-20-11-12-21-17(13-19-14-8-9-14)15-6-4-5-7-16(15)18/h4-7,14,17,19H,2-3,8-13H2,1H3. The fourth-order valence-corrected chi connectivity index (χ4v) is 2.41. The summed E-state index contributed by atoms with van der Waals surface area (Å²) in [6.45, 7) is 5.04. The topological polar surface area (TPSA) is 30.5 Å². The molecule has 0 aliphatic heterocycles. The molecular weight excluding hydrogens is 286 g/mol. The number of hydrogen-bond acceptors (Lipinski definition) is 3. The Kier molecular flexibility index (Phi) is 7.51. The molecule has 1 fully saturated rings. The molecule has 0 heterocycles. The molecule has 0 saturated heterocycles. The Morgan fingerprint density at radius 3 is 2.76 bits per heavy atom. The third kappa shape index (κ3) is 6.35. The zero-order valence-corrected chi connectivity index (χ0v) is 13.6. The van der Waals surface area contributed by atoms with Crippen LogP contribution in [0, 0.1) is 0 Å². The molecule has 118 valence electrons. The van der Waals surface area contributed by atoms with Crippen molar-refractivity contribution in [2.75, 3.05) is 26.4 Å². The van der Waals surface area contributed by atoms with Gasteiger partial charge in [-0.25, -0.2) is 0 Å². The van der Waals surface area contributed by atoms with Gasteiger partial charge in [-0.15, -0.1) is 0 Å². The highest BCUT2D eigenvalue weighted by molar-refractivity contribution is 6.31. The van der Waals surface area contributed by atoms with E-state index >= 15 is 0 Å². The summed E-state index contributed by atoms with van der Waals surface area (Å²) in [7, 11) is 0. The van der Waals surface area contributed by atoms with Crippen molar-refractivity contribution < 1.29 is 9.47 Å². The van der Waals surface area contributed by atoms with Crippen LogP contribution in [-0.4, -0.2) is 32.4 Å². The minimum atomic E-state index is -0.00549. The summed E-state index contributed by atoms with van der Waals surface area (Å²) in [4.78, 5) is 0. The molecule has 1 aliphatic rings. The highest BCUT2D eigenvalue weighted by Crippen LogP contribution is 2.26. The van der Waals surface area contributed by atoms with Gasteiger partial charge in [0.05, 0.1) is 19.3 Å². The van der Waals surface area contributed by atoms with Crippen molar-refractivity contribution in [2.45, 2.75) is 44.8 Å². The van der Waals surface area contributed by atoms with E-state index in [1.54, 1.807) is 0 Å². The Hall–Kier alpha value is -0.610. The van der Waals surface area contributed by atoms with Crippen molar-refractivity contribution in [1.29, 1.82) is 0 Å². The van der Waals surface area contributed by atoms with Crippen LogP contribution in [-0.2, 0) is 9.47 Å². The van der Waals surface area contributed by atoms with Crippen LogP contribution in [0.3, 0.4) is 0 Å². The lowest BCUT2D eigenvalue weighted by atomic mass is 10.1. The summed E-state index contributed by atoms with van der Waals surface area (Å²) in [6, 6.07) is 8.58. The summed E-state index contributed by atoms with van der Waals surface area (Å²) in [5.74, 6) is 0. The Bertz CT molecular complexity index is 410. The number of unbranched alkanes of at least 4 members (excludes halogenated alkanes) is 1. The molecule has 1 aromatic rings. The van der Waals surface area contributed by atoms with Crippen LogP contribution in [0.15, 0.2) is 24.3 Å². The van der Waals surface area contributed by atoms with Gasteiger partial charge in [0.2, 0.25) is 0 Å². The highest BCUT2D eigenvalue weighted by Gasteiger charge is 2.23. The van der Waals surface area contributed by atoms with Gasteiger partial charge in [0.1, 0.15) is 0 Å². The SMILES string of the molecule is CCCCOCCOC(CNC1CC1)c1ccccc1Cl. The maximum Gasteiger partial charge on any atom is 0.0964 e. The van der Waals surface area contributed by atoms with Gasteiger partial charge in [-0.1, -0.05) is 43.1 Å². The second kappa shape index (κ2) is 9.42. The number of rotatable bonds is 11. The van der Waals surface area contributed by atoms with Gasteiger partial charge in [-0.2, -0.15) is 0 Å². The van der Waals surface area contributed by atoms with E-state index in [0.29, 0.717) is 19.3 Å². The highest BCUT2D eigenvalue weighted by atomic mass is 35.5. The summed E-state index contributed by atoms with van der Waals surface area (Å²) in [5, 5.41) is 4.29. The first-order valence-corrected chi connectivity index (χ1v) is 8.36. The van der Waals surface area contributed by atoms with Crippen LogP contribution in [0.5, 0.6) is 0 Å². The molecule has 4 heteroatoms. The molecule has 0 bridgehead atoms. The van der Waals surface area contributed by atoms with Gasteiger partial charge in [-0.3, -0.25) is 0 Å². The smallest absolute Gasteiger partial charge is 0.0964 e. The second-order valence-corrected chi connectivity index (χ2v) is 5.94. The van der Waals surface area contributed by atoms with E-state index in [9.17, 15) is 0 Å². The molecule has 1 atom stereocenters. The predicted octanol–water partition coefficient (Wildman–Crippen LogP) is 3.97. The fourth-order valence-electron chi connectivity index (χ4n) is 2.15. The fraction of sp³-hybridized carbons (Fsp3) is 0.647. The number of nitrogens with one attached hydrogen (secondary N) is 1. The largest absolute Gasteiger partial charge is 0.379 e. The minimum absolute atomic E-state index is 0.00549. The number of ether oxygens (including phenoxy) is 2. The molecule has 1 aliphatic carbocycles. The van der Waals surface area contributed by atoms with Crippen molar-refractivity contribution in [3.63, 3.8) is 0 Å². The van der Waals surface area contributed by atoms with E-state index in [2.05, 4.69) is 12.2 Å². The van der Waals surface area contributed by atoms with Crippen molar-refractivity contribution in [3.8, 4) is 0 Å². The summed E-state index contributed by atoms with van der Waals surface area (Å²) >= 11 is 6.29. The van der Waals surface area contributed by atoms with Gasteiger partial charge in [0.15, 0.2) is 0 Å². The van der Waals surface area contributed by atoms with E-state index in [1.807, 2.05) is 24.3 Å². The zero-order chi connectivity index (χ0) is 14.9. The Balaban J connectivity index is 1.79. The van der Waals surface area contributed by atoms with E-state index in [4.69, 9.17) is 21.1 Å². The number of halogens is 1. The number of hydrogen-bond donors (Lipinski definition) is 1. The monoisotopic (exact) mass is 311 g/mol. The molecule has 1 aromatic carbocycles. The quantitative estimate of drug-likeness (QED) is 0.627. The number of benzene rings is 1. The van der Waals surface area contributed by atoms with Crippen LogP contribution >= 0.6 is 11.6 Å². The maximum absolute atomic E-state index is 6.29. The van der Waals surface area contributed by atoms with Crippen LogP contribution in [0.4, 0.5) is 0 Å². The van der Waals surface area contributed by atoms with Crippen molar-refractivity contribution in [1.82, 2.24) is 5.32 Å². The van der Waals surface area contributed by atoms with Gasteiger partial charge in [0, 0.05) is 29.8 Å². The molecule has 1 unspecified atom stereocenters. The molecule has 0 radical (unpaired) electrons. The molecule has 2 rings (SSSR count). The van der Waals surface area contributed by atoms with E-state index in [1.165, 1.54) is 12.8 Å². The van der Waals surface area contributed by atoms with Crippen LogP contribution < -0.4 is 5.32 Å². The second-order valence-electron chi connectivity index (χ2n) is 5.53. The van der Waals surface area contributed by atoms with Crippen LogP contribution in [0.2, 0.25) is 5.02 Å². The average molecular weight is 312 g/mol. The summed E-state index contributed by atoms with van der Waals surface area (Å²) < 4.78 is 11.5. The lowest BCUT2D eigenvalue weighted by Gasteiger charge is -2.20. The molecule has 21 heavy (non-hydrogen) atoms. The lowest BCUT2D eigenvalue weighted by Crippen LogP contribution is -2.26. The average Bonchev–Trinajstić information content (AvgIpc) is 3.31. The molecule has 1 saturated carbocycles. The maximum atomic E-state index is 6.29. The third-order valence-electron chi connectivity index (χ3n) is 3.61. The van der Waals surface area contributed by atoms with Crippen LogP contribution in [0.1, 0.15) is 44.3 Å². The van der Waals surface area contributed by atoms with Crippen molar-refractivity contribution >= 4 is 11.6 Å². The van der Waals surface area contributed by atoms with E-state index in [-0.39, 0.29) is 6.10 Å². The minimum Gasteiger partial charge on any atom is -0.379 e. The van der Waals surface area contributed by atoms with E-state index < -0.39 is 0 Å². The lowest BCUT2D eigenvalue weighted by molar-refractivity contribution is 0.00349. The first-order chi connectivity index (χ1) is 10.3. The Morgan fingerprint density at radius 2 is 2.05 bits per heavy atom. The van der Waals surface area contributed by atoms with Crippen LogP contribution in [0.25, 0.3) is 0 Å². The Labute approximate surface area is 133 Å². The molecule has 0 aromatic heterocycles.